The van der Waals surface area contributed by atoms with Crippen LogP contribution in [-0.2, 0) is 19.6 Å². The first-order valence-electron chi connectivity index (χ1n) is 6.64. The Morgan fingerprint density at radius 3 is 2.52 bits per heavy atom. The van der Waals surface area contributed by atoms with E-state index in [9.17, 15) is 4.79 Å². The Kier molecular flexibility index (Phi) is 4.85. The molecule has 0 fully saturated rings. The molecule has 0 N–H and O–H groups in total. The van der Waals surface area contributed by atoms with Gasteiger partial charge in [0.2, 0.25) is 0 Å². The van der Waals surface area contributed by atoms with E-state index in [0.29, 0.717) is 17.7 Å². The second-order valence-electron chi connectivity index (χ2n) is 4.56. The highest BCUT2D eigenvalue weighted by atomic mass is 79.9. The van der Waals surface area contributed by atoms with Crippen molar-refractivity contribution in [3.63, 3.8) is 0 Å². The van der Waals surface area contributed by atoms with Crippen LogP contribution in [0.25, 0.3) is 11.2 Å². The minimum absolute atomic E-state index is 0. The molecule has 6 nitrogen and oxygen atoms in total. The van der Waals surface area contributed by atoms with E-state index in [1.807, 2.05) is 46.7 Å². The lowest BCUT2D eigenvalue weighted by Crippen LogP contribution is -3.00. The highest BCUT2D eigenvalue weighted by Crippen LogP contribution is 2.03. The average Bonchev–Trinajstić information content (AvgIpc) is 2.91. The molecule has 0 aliphatic heterocycles. The van der Waals surface area contributed by atoms with Gasteiger partial charge in [0.25, 0.3) is 5.56 Å². The van der Waals surface area contributed by atoms with E-state index in [1.54, 1.807) is 17.2 Å². The molecule has 3 aromatic heterocycles. The third kappa shape index (κ3) is 3.02. The first kappa shape index (κ1) is 15.4. The van der Waals surface area contributed by atoms with E-state index in [1.165, 1.54) is 0 Å². The molecular weight excluding hydrogens is 334 g/mol. The second-order valence-corrected chi connectivity index (χ2v) is 4.56. The van der Waals surface area contributed by atoms with Crippen LogP contribution in [0.2, 0.25) is 0 Å². The zero-order chi connectivity index (χ0) is 13.9. The van der Waals surface area contributed by atoms with Crippen molar-refractivity contribution in [1.29, 1.82) is 0 Å². The van der Waals surface area contributed by atoms with Gasteiger partial charge in [-0.1, -0.05) is 6.07 Å². The van der Waals surface area contributed by atoms with Crippen molar-refractivity contribution in [2.24, 2.45) is 0 Å². The van der Waals surface area contributed by atoms with E-state index >= 15 is 0 Å². The normalized spacial score (nSPS) is 10.5. The smallest absolute Gasteiger partial charge is 0.281 e. The van der Waals surface area contributed by atoms with E-state index in [0.717, 1.165) is 13.1 Å². The molecule has 3 rings (SSSR count). The van der Waals surface area contributed by atoms with Crippen LogP contribution in [-0.4, -0.2) is 19.1 Å². The fraction of sp³-hybridized carbons (Fsp3) is 0.286. The SMILES string of the molecule is CCn1cnc2c(=O)n(CC[n+]3ccccc3)cnc21.[Br-]. The van der Waals surface area contributed by atoms with Crippen LogP contribution >= 0.6 is 0 Å². The molecule has 0 radical (unpaired) electrons. The minimum atomic E-state index is -0.0845. The van der Waals surface area contributed by atoms with Gasteiger partial charge in [0.1, 0.15) is 6.33 Å². The molecule has 0 unspecified atom stereocenters. The number of fused-ring (bicyclic) bond motifs is 1. The Labute approximate surface area is 132 Å². The van der Waals surface area contributed by atoms with E-state index in [4.69, 9.17) is 0 Å². The summed E-state index contributed by atoms with van der Waals surface area (Å²) in [6.45, 7) is 4.06. The summed E-state index contributed by atoms with van der Waals surface area (Å²) < 4.78 is 5.50. The standard InChI is InChI=1S/C14H16N5O.BrH/c1-2-18-10-15-12-13(18)16-11-19(14(12)20)9-8-17-6-4-3-5-7-17;/h3-7,10-11H,2,8-9H2,1H3;1H/q+1;/p-1. The molecule has 0 aliphatic carbocycles. The maximum Gasteiger partial charge on any atom is 0.281 e. The van der Waals surface area contributed by atoms with Crippen molar-refractivity contribution in [3.05, 3.63) is 53.6 Å². The third-order valence-electron chi connectivity index (χ3n) is 3.31. The monoisotopic (exact) mass is 349 g/mol. The van der Waals surface area contributed by atoms with Crippen molar-refractivity contribution in [3.8, 4) is 0 Å². The van der Waals surface area contributed by atoms with Crippen molar-refractivity contribution in [2.75, 3.05) is 0 Å². The minimum Gasteiger partial charge on any atom is -1.00 e. The van der Waals surface area contributed by atoms with Crippen LogP contribution in [0, 0.1) is 0 Å². The molecule has 110 valence electrons. The van der Waals surface area contributed by atoms with Crippen LogP contribution in [0.4, 0.5) is 0 Å². The largest absolute Gasteiger partial charge is 1.00 e. The molecule has 0 aliphatic rings. The Morgan fingerprint density at radius 1 is 1.10 bits per heavy atom. The molecule has 3 heterocycles. The molecule has 0 aromatic carbocycles. The molecule has 0 saturated heterocycles. The number of hydrogen-bond acceptors (Lipinski definition) is 3. The lowest BCUT2D eigenvalue weighted by atomic mass is 10.4. The van der Waals surface area contributed by atoms with Gasteiger partial charge < -0.3 is 21.5 Å². The number of aryl methyl sites for hydroxylation is 3. The van der Waals surface area contributed by atoms with Gasteiger partial charge in [-0.15, -0.1) is 0 Å². The van der Waals surface area contributed by atoms with Crippen molar-refractivity contribution in [1.82, 2.24) is 19.1 Å². The van der Waals surface area contributed by atoms with Crippen LogP contribution in [0.5, 0.6) is 0 Å². The summed E-state index contributed by atoms with van der Waals surface area (Å²) in [6, 6.07) is 5.90. The highest BCUT2D eigenvalue weighted by molar-refractivity contribution is 5.68. The molecule has 0 atom stereocenters. The van der Waals surface area contributed by atoms with Gasteiger partial charge in [-0.3, -0.25) is 9.36 Å². The van der Waals surface area contributed by atoms with Crippen LogP contribution in [0.15, 0.2) is 48.0 Å². The fourth-order valence-corrected chi connectivity index (χ4v) is 2.17. The number of imidazole rings is 1. The number of pyridine rings is 1. The van der Waals surface area contributed by atoms with Gasteiger partial charge in [-0.2, -0.15) is 0 Å². The maximum absolute atomic E-state index is 12.3. The average molecular weight is 350 g/mol. The Hall–Kier alpha value is -2.02. The van der Waals surface area contributed by atoms with E-state index in [-0.39, 0.29) is 22.5 Å². The van der Waals surface area contributed by atoms with Crippen LogP contribution in [0.3, 0.4) is 0 Å². The fourth-order valence-electron chi connectivity index (χ4n) is 2.17. The molecule has 7 heteroatoms. The van der Waals surface area contributed by atoms with Gasteiger partial charge in [-0.25, -0.2) is 14.5 Å². The van der Waals surface area contributed by atoms with Crippen LogP contribution < -0.4 is 27.1 Å². The predicted molar refractivity (Wildman–Crippen MR) is 74.1 cm³/mol. The number of rotatable bonds is 4. The summed E-state index contributed by atoms with van der Waals surface area (Å²) in [7, 11) is 0. The van der Waals surface area contributed by atoms with Crippen molar-refractivity contribution >= 4 is 11.2 Å². The first-order chi connectivity index (χ1) is 9.79. The van der Waals surface area contributed by atoms with E-state index < -0.39 is 0 Å². The molecule has 0 amide bonds. The topological polar surface area (TPSA) is 56.6 Å². The summed E-state index contributed by atoms with van der Waals surface area (Å²) in [5.41, 5.74) is 1.01. The zero-order valence-electron chi connectivity index (χ0n) is 11.7. The summed E-state index contributed by atoms with van der Waals surface area (Å²) in [6.07, 6.45) is 7.21. The number of aromatic nitrogens is 5. The highest BCUT2D eigenvalue weighted by Gasteiger charge is 2.10. The summed E-state index contributed by atoms with van der Waals surface area (Å²) in [5.74, 6) is 0. The number of nitrogens with zero attached hydrogens (tertiary/aromatic N) is 5. The molecule has 21 heavy (non-hydrogen) atoms. The Balaban J connectivity index is 0.00000161. The lowest BCUT2D eigenvalue weighted by molar-refractivity contribution is -0.698. The quantitative estimate of drug-likeness (QED) is 0.494. The summed E-state index contributed by atoms with van der Waals surface area (Å²) in [5, 5.41) is 0. The van der Waals surface area contributed by atoms with Gasteiger partial charge in [0.15, 0.2) is 30.1 Å². The third-order valence-corrected chi connectivity index (χ3v) is 3.31. The molecule has 0 spiro atoms. The first-order valence-corrected chi connectivity index (χ1v) is 6.64. The Morgan fingerprint density at radius 2 is 1.81 bits per heavy atom. The van der Waals surface area contributed by atoms with Crippen LogP contribution in [0.1, 0.15) is 6.92 Å². The summed E-state index contributed by atoms with van der Waals surface area (Å²) in [4.78, 5) is 20.8. The lowest BCUT2D eigenvalue weighted by Gasteiger charge is -2.03. The van der Waals surface area contributed by atoms with E-state index in [2.05, 4.69) is 9.97 Å². The second kappa shape index (κ2) is 6.62. The van der Waals surface area contributed by atoms with Gasteiger partial charge in [0.05, 0.1) is 12.9 Å². The van der Waals surface area contributed by atoms with Gasteiger partial charge in [-0.05, 0) is 6.92 Å². The van der Waals surface area contributed by atoms with Crippen molar-refractivity contribution < 1.29 is 21.5 Å². The molecule has 0 saturated carbocycles. The maximum atomic E-state index is 12.3. The summed E-state index contributed by atoms with van der Waals surface area (Å²) >= 11 is 0. The van der Waals surface area contributed by atoms with Gasteiger partial charge in [0, 0.05) is 18.7 Å². The molecule has 0 bridgehead atoms. The number of hydrogen-bond donors (Lipinski definition) is 0. The zero-order valence-corrected chi connectivity index (χ0v) is 13.3. The molecule has 3 aromatic rings. The predicted octanol–water partition coefficient (Wildman–Crippen LogP) is -2.40. The molecular formula is C14H16BrN5O. The number of halogens is 1. The Bertz CT molecular complexity index is 781. The van der Waals surface area contributed by atoms with Gasteiger partial charge >= 0.3 is 0 Å². The van der Waals surface area contributed by atoms with Crippen molar-refractivity contribution in [2.45, 2.75) is 26.6 Å².